The van der Waals surface area contributed by atoms with Crippen molar-refractivity contribution in [3.05, 3.63) is 59.0 Å². The molecular formula is C24H28N4O5S. The number of hydrogen-bond acceptors (Lipinski definition) is 9. The summed E-state index contributed by atoms with van der Waals surface area (Å²) in [6, 6.07) is 11.5. The highest BCUT2D eigenvalue weighted by Gasteiger charge is 2.10. The largest absolute Gasteiger partial charge is 0.497 e. The SMILES string of the molecule is COc1ccc(OC)c(/C=N/NC(=O)CSc2nnc(CCCc3ccc(OC)c(C)c3)o2)c1. The number of hydrogen-bond donors (Lipinski definition) is 1. The minimum Gasteiger partial charge on any atom is -0.497 e. The Morgan fingerprint density at radius 2 is 1.85 bits per heavy atom. The van der Waals surface area contributed by atoms with Crippen LogP contribution in [0.3, 0.4) is 0 Å². The zero-order chi connectivity index (χ0) is 24.3. The molecule has 1 N–H and O–H groups in total. The fourth-order valence-electron chi connectivity index (χ4n) is 3.21. The van der Waals surface area contributed by atoms with Crippen LogP contribution in [0.4, 0.5) is 0 Å². The molecule has 0 aliphatic rings. The molecule has 0 spiro atoms. The van der Waals surface area contributed by atoms with Crippen LogP contribution in [-0.2, 0) is 17.6 Å². The molecule has 3 rings (SSSR count). The summed E-state index contributed by atoms with van der Waals surface area (Å²) in [6.07, 6.45) is 3.94. The number of methoxy groups -OCH3 is 3. The van der Waals surface area contributed by atoms with Crippen molar-refractivity contribution < 1.29 is 23.4 Å². The number of amides is 1. The molecule has 1 heterocycles. The number of carbonyl (C=O) groups is 1. The molecule has 10 heteroatoms. The molecule has 0 fully saturated rings. The molecule has 3 aromatic rings. The highest BCUT2D eigenvalue weighted by Crippen LogP contribution is 2.23. The van der Waals surface area contributed by atoms with Gasteiger partial charge in [0, 0.05) is 12.0 Å². The van der Waals surface area contributed by atoms with Crippen molar-refractivity contribution in [2.75, 3.05) is 27.1 Å². The van der Waals surface area contributed by atoms with Crippen molar-refractivity contribution in [1.82, 2.24) is 15.6 Å². The Morgan fingerprint density at radius 3 is 2.59 bits per heavy atom. The van der Waals surface area contributed by atoms with Gasteiger partial charge >= 0.3 is 0 Å². The van der Waals surface area contributed by atoms with Gasteiger partial charge in [0.05, 0.1) is 33.3 Å². The Kier molecular flexibility index (Phi) is 9.33. The van der Waals surface area contributed by atoms with Crippen LogP contribution in [0.15, 0.2) is 51.1 Å². The van der Waals surface area contributed by atoms with Crippen LogP contribution in [0, 0.1) is 6.92 Å². The molecule has 0 aliphatic heterocycles. The zero-order valence-electron chi connectivity index (χ0n) is 19.7. The second-order valence-electron chi connectivity index (χ2n) is 7.31. The maximum atomic E-state index is 12.1. The molecule has 0 saturated heterocycles. The summed E-state index contributed by atoms with van der Waals surface area (Å²) in [7, 11) is 4.81. The van der Waals surface area contributed by atoms with Crippen molar-refractivity contribution in [1.29, 1.82) is 0 Å². The molecule has 2 aromatic carbocycles. The Morgan fingerprint density at radius 1 is 1.06 bits per heavy atom. The van der Waals surface area contributed by atoms with E-state index in [1.165, 1.54) is 11.8 Å². The summed E-state index contributed by atoms with van der Waals surface area (Å²) >= 11 is 1.16. The average molecular weight is 485 g/mol. The molecule has 9 nitrogen and oxygen atoms in total. The van der Waals surface area contributed by atoms with E-state index in [2.05, 4.69) is 32.9 Å². The second-order valence-corrected chi connectivity index (χ2v) is 8.24. The first-order valence-corrected chi connectivity index (χ1v) is 11.6. The Bertz CT molecular complexity index is 1130. The molecule has 180 valence electrons. The molecule has 34 heavy (non-hydrogen) atoms. The summed E-state index contributed by atoms with van der Waals surface area (Å²) in [4.78, 5) is 12.1. The van der Waals surface area contributed by atoms with E-state index in [1.807, 2.05) is 13.0 Å². The van der Waals surface area contributed by atoms with E-state index >= 15 is 0 Å². The molecule has 0 saturated carbocycles. The smallest absolute Gasteiger partial charge is 0.277 e. The molecule has 0 bridgehead atoms. The Labute approximate surface area is 202 Å². The van der Waals surface area contributed by atoms with Crippen molar-refractivity contribution in [2.24, 2.45) is 5.10 Å². The lowest BCUT2D eigenvalue weighted by molar-refractivity contribution is -0.118. The number of aromatic nitrogens is 2. The molecular weight excluding hydrogens is 456 g/mol. The van der Waals surface area contributed by atoms with Crippen LogP contribution in [0.5, 0.6) is 17.2 Å². The van der Waals surface area contributed by atoms with E-state index in [4.69, 9.17) is 18.6 Å². The third-order valence-electron chi connectivity index (χ3n) is 4.92. The van der Waals surface area contributed by atoms with Crippen LogP contribution in [0.1, 0.15) is 29.0 Å². The summed E-state index contributed by atoms with van der Waals surface area (Å²) in [5.41, 5.74) is 5.50. The minimum absolute atomic E-state index is 0.0966. The van der Waals surface area contributed by atoms with Gasteiger partial charge in [-0.1, -0.05) is 23.9 Å². The fraction of sp³-hybridized carbons (Fsp3) is 0.333. The van der Waals surface area contributed by atoms with Crippen LogP contribution in [0.2, 0.25) is 0 Å². The lowest BCUT2D eigenvalue weighted by Crippen LogP contribution is -2.19. The predicted octanol–water partition coefficient (Wildman–Crippen LogP) is 3.82. The first kappa shape index (κ1) is 25.1. The first-order chi connectivity index (χ1) is 16.5. The number of nitrogens with one attached hydrogen (secondary N) is 1. The number of thioether (sulfide) groups is 1. The molecule has 1 amide bonds. The number of hydrazone groups is 1. The zero-order valence-corrected chi connectivity index (χ0v) is 20.5. The third-order valence-corrected chi connectivity index (χ3v) is 5.74. The number of aryl methyl sites for hydroxylation is 3. The molecule has 1 aromatic heterocycles. The van der Waals surface area contributed by atoms with Crippen LogP contribution < -0.4 is 19.6 Å². The molecule has 0 radical (unpaired) electrons. The summed E-state index contributed by atoms with van der Waals surface area (Å²) < 4.78 is 21.4. The normalized spacial score (nSPS) is 10.9. The van der Waals surface area contributed by atoms with E-state index in [9.17, 15) is 4.79 Å². The van der Waals surface area contributed by atoms with E-state index in [0.717, 1.165) is 35.9 Å². The fourth-order valence-corrected chi connectivity index (χ4v) is 3.78. The summed E-state index contributed by atoms with van der Waals surface area (Å²) in [6.45, 7) is 2.03. The third kappa shape index (κ3) is 7.24. The lowest BCUT2D eigenvalue weighted by Gasteiger charge is -2.06. The lowest BCUT2D eigenvalue weighted by atomic mass is 10.1. The Hall–Kier alpha value is -3.53. The van der Waals surface area contributed by atoms with Crippen molar-refractivity contribution >= 4 is 23.9 Å². The monoisotopic (exact) mass is 484 g/mol. The standard InChI is InChI=1S/C24H28N4O5S/c1-16-12-17(8-10-20(16)31-3)6-5-7-23-27-28-24(33-23)34-15-22(29)26-25-14-18-13-19(30-2)9-11-21(18)32-4/h8-14H,5-7,15H2,1-4H3,(H,26,29)/b25-14+. The molecule has 0 aliphatic carbocycles. The van der Waals surface area contributed by atoms with Gasteiger partial charge < -0.3 is 18.6 Å². The van der Waals surface area contributed by atoms with E-state index in [0.29, 0.717) is 34.6 Å². The quantitative estimate of drug-likeness (QED) is 0.235. The Balaban J connectivity index is 1.42. The topological polar surface area (TPSA) is 108 Å². The van der Waals surface area contributed by atoms with Crippen molar-refractivity contribution in [2.45, 2.75) is 31.4 Å². The predicted molar refractivity (Wildman–Crippen MR) is 130 cm³/mol. The van der Waals surface area contributed by atoms with Gasteiger partial charge in [-0.3, -0.25) is 4.79 Å². The highest BCUT2D eigenvalue weighted by molar-refractivity contribution is 7.99. The maximum Gasteiger partial charge on any atom is 0.277 e. The number of ether oxygens (including phenoxy) is 3. The average Bonchev–Trinajstić information content (AvgIpc) is 3.30. The number of rotatable bonds is 12. The van der Waals surface area contributed by atoms with Gasteiger partial charge in [0.25, 0.3) is 11.1 Å². The molecule has 0 unspecified atom stereocenters. The van der Waals surface area contributed by atoms with E-state index in [-0.39, 0.29) is 11.7 Å². The summed E-state index contributed by atoms with van der Waals surface area (Å²) in [5.74, 6) is 2.52. The van der Waals surface area contributed by atoms with Crippen molar-refractivity contribution in [3.63, 3.8) is 0 Å². The van der Waals surface area contributed by atoms with Gasteiger partial charge in [-0.2, -0.15) is 5.10 Å². The van der Waals surface area contributed by atoms with Gasteiger partial charge in [-0.15, -0.1) is 10.2 Å². The maximum absolute atomic E-state index is 12.1. The number of nitrogens with zero attached hydrogens (tertiary/aromatic N) is 3. The highest BCUT2D eigenvalue weighted by atomic mass is 32.2. The van der Waals surface area contributed by atoms with E-state index < -0.39 is 0 Å². The number of benzene rings is 2. The van der Waals surface area contributed by atoms with Crippen LogP contribution in [0.25, 0.3) is 0 Å². The van der Waals surface area contributed by atoms with E-state index in [1.54, 1.807) is 39.5 Å². The summed E-state index contributed by atoms with van der Waals surface area (Å²) in [5, 5.41) is 12.4. The second kappa shape index (κ2) is 12.6. The van der Waals surface area contributed by atoms with Gasteiger partial charge in [-0.25, -0.2) is 5.43 Å². The van der Waals surface area contributed by atoms with Gasteiger partial charge in [0.2, 0.25) is 5.89 Å². The van der Waals surface area contributed by atoms with Gasteiger partial charge in [-0.05, 0) is 55.2 Å². The minimum atomic E-state index is -0.294. The molecule has 0 atom stereocenters. The first-order valence-electron chi connectivity index (χ1n) is 10.6. The van der Waals surface area contributed by atoms with Gasteiger partial charge in [0.1, 0.15) is 17.2 Å². The van der Waals surface area contributed by atoms with Crippen molar-refractivity contribution in [3.8, 4) is 17.2 Å². The number of carbonyl (C=O) groups excluding carboxylic acids is 1. The van der Waals surface area contributed by atoms with Gasteiger partial charge in [0.15, 0.2) is 0 Å². The van der Waals surface area contributed by atoms with Crippen LogP contribution in [-0.4, -0.2) is 49.4 Å². The van der Waals surface area contributed by atoms with Crippen LogP contribution >= 0.6 is 11.8 Å².